The first kappa shape index (κ1) is 17.3. The van der Waals surface area contributed by atoms with Crippen molar-refractivity contribution >= 4 is 18.4 Å². The third kappa shape index (κ3) is 3.84. The van der Waals surface area contributed by atoms with Crippen LogP contribution in [0.1, 0.15) is 27.0 Å². The highest BCUT2D eigenvalue weighted by Crippen LogP contribution is 2.26. The molecule has 0 saturated carbocycles. The van der Waals surface area contributed by atoms with Crippen molar-refractivity contribution in [1.29, 1.82) is 0 Å². The van der Waals surface area contributed by atoms with Gasteiger partial charge in [-0.15, -0.1) is 12.4 Å². The van der Waals surface area contributed by atoms with E-state index in [1.807, 2.05) is 30.3 Å². The Morgan fingerprint density at radius 3 is 2.39 bits per heavy atom. The Labute approximate surface area is 142 Å². The molecular formula is C18H20ClNO3. The number of carbonyl (C=O) groups is 1. The van der Waals surface area contributed by atoms with E-state index < -0.39 is 0 Å². The molecule has 2 aromatic rings. The van der Waals surface area contributed by atoms with Crippen LogP contribution in [0.25, 0.3) is 0 Å². The lowest BCUT2D eigenvalue weighted by Gasteiger charge is -2.14. The zero-order valence-corrected chi connectivity index (χ0v) is 14.1. The van der Waals surface area contributed by atoms with Gasteiger partial charge in [-0.2, -0.15) is 0 Å². The Morgan fingerprint density at radius 2 is 1.74 bits per heavy atom. The fraction of sp³-hybridized carbons (Fsp3) is 0.278. The predicted octanol–water partition coefficient (Wildman–Crippen LogP) is 3.42. The highest BCUT2D eigenvalue weighted by Gasteiger charge is 2.20. The van der Waals surface area contributed by atoms with E-state index in [1.54, 1.807) is 7.11 Å². The first-order chi connectivity index (χ1) is 10.7. The van der Waals surface area contributed by atoms with E-state index in [1.165, 1.54) is 23.8 Å². The number of hydrogen-bond donors (Lipinski definition) is 0. The van der Waals surface area contributed by atoms with Crippen LogP contribution in [0.3, 0.4) is 0 Å². The number of halogens is 1. The van der Waals surface area contributed by atoms with Gasteiger partial charge in [0.15, 0.2) is 0 Å². The van der Waals surface area contributed by atoms with Crippen LogP contribution >= 0.6 is 12.4 Å². The molecule has 23 heavy (non-hydrogen) atoms. The molecule has 1 aliphatic heterocycles. The number of rotatable bonds is 4. The quantitative estimate of drug-likeness (QED) is 0.804. The summed E-state index contributed by atoms with van der Waals surface area (Å²) in [4.78, 5) is 14.0. The number of carbonyl (C=O) groups excluding carboxylic acids is 1. The molecule has 0 saturated heterocycles. The van der Waals surface area contributed by atoms with Crippen molar-refractivity contribution in [2.45, 2.75) is 19.6 Å². The molecule has 4 nitrogen and oxygen atoms in total. The fourth-order valence-corrected chi connectivity index (χ4v) is 2.81. The Morgan fingerprint density at radius 1 is 1.04 bits per heavy atom. The SMILES string of the molecule is COC(=O)c1ccc2c(c1)CN(Cc1ccc(OC)cc1)C2.Cl. The van der Waals surface area contributed by atoms with Crippen LogP contribution in [-0.2, 0) is 24.4 Å². The molecule has 3 rings (SSSR count). The Kier molecular flexibility index (Phi) is 5.64. The molecule has 0 aromatic heterocycles. The Balaban J connectivity index is 0.00000192. The fourth-order valence-electron chi connectivity index (χ4n) is 2.81. The zero-order chi connectivity index (χ0) is 15.5. The minimum atomic E-state index is -0.281. The van der Waals surface area contributed by atoms with Gasteiger partial charge in [-0.25, -0.2) is 4.79 Å². The van der Waals surface area contributed by atoms with Gasteiger partial charge in [0.1, 0.15) is 5.75 Å². The molecule has 122 valence electrons. The van der Waals surface area contributed by atoms with Crippen LogP contribution in [0.15, 0.2) is 42.5 Å². The van der Waals surface area contributed by atoms with Crippen molar-refractivity contribution in [1.82, 2.24) is 4.90 Å². The van der Waals surface area contributed by atoms with E-state index in [9.17, 15) is 4.79 Å². The van der Waals surface area contributed by atoms with Gasteiger partial charge in [-0.1, -0.05) is 18.2 Å². The summed E-state index contributed by atoms with van der Waals surface area (Å²) in [6, 6.07) is 13.9. The first-order valence-corrected chi connectivity index (χ1v) is 7.25. The minimum absolute atomic E-state index is 0. The van der Waals surface area contributed by atoms with Gasteiger partial charge in [-0.05, 0) is 41.0 Å². The summed E-state index contributed by atoms with van der Waals surface area (Å²) in [6.07, 6.45) is 0. The third-order valence-corrected chi connectivity index (χ3v) is 3.98. The van der Waals surface area contributed by atoms with Crippen LogP contribution in [0, 0.1) is 0 Å². The average molecular weight is 334 g/mol. The normalized spacial score (nSPS) is 13.1. The molecule has 0 bridgehead atoms. The average Bonchev–Trinajstić information content (AvgIpc) is 2.96. The number of fused-ring (bicyclic) bond motifs is 1. The molecule has 5 heteroatoms. The van der Waals surface area contributed by atoms with E-state index in [4.69, 9.17) is 9.47 Å². The van der Waals surface area contributed by atoms with Gasteiger partial charge in [0.2, 0.25) is 0 Å². The van der Waals surface area contributed by atoms with Gasteiger partial charge in [0, 0.05) is 19.6 Å². The molecule has 0 aliphatic carbocycles. The van der Waals surface area contributed by atoms with Crippen molar-refractivity contribution in [3.8, 4) is 5.75 Å². The number of nitrogens with zero attached hydrogens (tertiary/aromatic N) is 1. The molecule has 0 spiro atoms. The molecule has 0 radical (unpaired) electrons. The van der Waals surface area contributed by atoms with Crippen LogP contribution in [0.2, 0.25) is 0 Å². The van der Waals surface area contributed by atoms with Crippen molar-refractivity contribution in [2.75, 3.05) is 14.2 Å². The Hall–Kier alpha value is -2.04. The highest BCUT2D eigenvalue weighted by atomic mass is 35.5. The van der Waals surface area contributed by atoms with E-state index in [2.05, 4.69) is 17.0 Å². The maximum absolute atomic E-state index is 11.6. The van der Waals surface area contributed by atoms with Crippen LogP contribution in [0.4, 0.5) is 0 Å². The topological polar surface area (TPSA) is 38.8 Å². The number of methoxy groups -OCH3 is 2. The molecule has 0 atom stereocenters. The molecule has 1 heterocycles. The second-order valence-corrected chi connectivity index (χ2v) is 5.47. The van der Waals surface area contributed by atoms with Crippen LogP contribution in [0.5, 0.6) is 5.75 Å². The van der Waals surface area contributed by atoms with Crippen molar-refractivity contribution in [3.05, 3.63) is 64.7 Å². The number of ether oxygens (including phenoxy) is 2. The molecule has 0 fully saturated rings. The molecule has 1 aliphatic rings. The highest BCUT2D eigenvalue weighted by molar-refractivity contribution is 5.89. The van der Waals surface area contributed by atoms with E-state index >= 15 is 0 Å². The second-order valence-electron chi connectivity index (χ2n) is 5.47. The van der Waals surface area contributed by atoms with Gasteiger partial charge in [0.25, 0.3) is 0 Å². The van der Waals surface area contributed by atoms with Crippen molar-refractivity contribution in [2.24, 2.45) is 0 Å². The summed E-state index contributed by atoms with van der Waals surface area (Å²) in [6.45, 7) is 2.64. The molecule has 0 amide bonds. The second kappa shape index (κ2) is 7.49. The third-order valence-electron chi connectivity index (χ3n) is 3.98. The lowest BCUT2D eigenvalue weighted by atomic mass is 10.1. The van der Waals surface area contributed by atoms with Gasteiger partial charge < -0.3 is 9.47 Å². The van der Waals surface area contributed by atoms with Gasteiger partial charge in [0.05, 0.1) is 19.8 Å². The zero-order valence-electron chi connectivity index (χ0n) is 13.2. The van der Waals surface area contributed by atoms with Crippen molar-refractivity contribution in [3.63, 3.8) is 0 Å². The lowest BCUT2D eigenvalue weighted by Crippen LogP contribution is -2.15. The predicted molar refractivity (Wildman–Crippen MR) is 91.0 cm³/mol. The summed E-state index contributed by atoms with van der Waals surface area (Å²) in [7, 11) is 3.08. The van der Waals surface area contributed by atoms with Gasteiger partial charge >= 0.3 is 5.97 Å². The lowest BCUT2D eigenvalue weighted by molar-refractivity contribution is 0.0600. The maximum atomic E-state index is 11.6. The number of benzene rings is 2. The van der Waals surface area contributed by atoms with Crippen molar-refractivity contribution < 1.29 is 14.3 Å². The molecular weight excluding hydrogens is 314 g/mol. The summed E-state index contributed by atoms with van der Waals surface area (Å²) >= 11 is 0. The summed E-state index contributed by atoms with van der Waals surface area (Å²) in [5.74, 6) is 0.590. The van der Waals surface area contributed by atoms with E-state index in [0.29, 0.717) is 5.56 Å². The van der Waals surface area contributed by atoms with E-state index in [-0.39, 0.29) is 18.4 Å². The number of esters is 1. The number of hydrogen-bond acceptors (Lipinski definition) is 4. The molecule has 0 unspecified atom stereocenters. The van der Waals surface area contributed by atoms with Crippen LogP contribution in [-0.4, -0.2) is 25.1 Å². The smallest absolute Gasteiger partial charge is 0.337 e. The maximum Gasteiger partial charge on any atom is 0.337 e. The largest absolute Gasteiger partial charge is 0.497 e. The molecule has 2 aromatic carbocycles. The minimum Gasteiger partial charge on any atom is -0.497 e. The van der Waals surface area contributed by atoms with Gasteiger partial charge in [-0.3, -0.25) is 4.90 Å². The van der Waals surface area contributed by atoms with Crippen LogP contribution < -0.4 is 4.74 Å². The monoisotopic (exact) mass is 333 g/mol. The standard InChI is InChI=1S/C18H19NO3.ClH/c1-21-17-7-3-13(4-8-17)10-19-11-15-6-5-14(18(20)22-2)9-16(15)12-19;/h3-9H,10-12H2,1-2H3;1H. The Bertz CT molecular complexity index is 685. The molecule has 0 N–H and O–H groups in total. The van der Waals surface area contributed by atoms with E-state index in [0.717, 1.165) is 25.4 Å². The summed E-state index contributed by atoms with van der Waals surface area (Å²) < 4.78 is 9.95. The summed E-state index contributed by atoms with van der Waals surface area (Å²) in [5, 5.41) is 0. The summed E-state index contributed by atoms with van der Waals surface area (Å²) in [5.41, 5.74) is 4.35. The first-order valence-electron chi connectivity index (χ1n) is 7.25.